The molecule has 5 heteroatoms. The molecule has 0 fully saturated rings. The average molecular weight is 256 g/mol. The maximum absolute atomic E-state index is 12.1. The number of H-pyrrole nitrogens is 1. The molecule has 5 nitrogen and oxygen atoms in total. The van der Waals surface area contributed by atoms with Gasteiger partial charge in [-0.05, 0) is 17.5 Å². The van der Waals surface area contributed by atoms with E-state index in [-0.39, 0.29) is 11.9 Å². The summed E-state index contributed by atoms with van der Waals surface area (Å²) in [5, 5.41) is 6.15. The van der Waals surface area contributed by atoms with E-state index < -0.39 is 0 Å². The first kappa shape index (κ1) is 11.9. The van der Waals surface area contributed by atoms with Crippen LogP contribution in [0.1, 0.15) is 17.0 Å². The van der Waals surface area contributed by atoms with Gasteiger partial charge in [0, 0.05) is 18.9 Å². The van der Waals surface area contributed by atoms with Crippen molar-refractivity contribution in [2.75, 3.05) is 0 Å². The van der Waals surface area contributed by atoms with E-state index >= 15 is 0 Å². The molecule has 98 valence electrons. The van der Waals surface area contributed by atoms with Crippen LogP contribution in [0.2, 0.25) is 0 Å². The molecular weight excluding hydrogens is 240 g/mol. The van der Waals surface area contributed by atoms with Crippen molar-refractivity contribution < 1.29 is 4.79 Å². The summed E-state index contributed by atoms with van der Waals surface area (Å²) in [5.41, 5.74) is 2.52. The van der Waals surface area contributed by atoms with Gasteiger partial charge in [0.25, 0.3) is 0 Å². The fourth-order valence-electron chi connectivity index (χ4n) is 2.33. The molecule has 1 aromatic heterocycles. The van der Waals surface area contributed by atoms with Crippen LogP contribution in [0.25, 0.3) is 0 Å². The standard InChI is InChI=1S/C14H16N4O/c19-14(18-9-13-15-5-6-16-13)12-7-10-3-1-2-4-11(10)8-17-12/h1-6,12,17H,7-9H2,(H,15,16)(H,18,19). The number of rotatable bonds is 3. The molecule has 1 amide bonds. The molecule has 0 aliphatic carbocycles. The second kappa shape index (κ2) is 5.24. The fraction of sp³-hybridized carbons (Fsp3) is 0.286. The third-order valence-electron chi connectivity index (χ3n) is 3.38. The minimum atomic E-state index is -0.162. The second-order valence-electron chi connectivity index (χ2n) is 4.66. The van der Waals surface area contributed by atoms with E-state index in [1.807, 2.05) is 12.1 Å². The molecule has 0 radical (unpaired) electrons. The summed E-state index contributed by atoms with van der Waals surface area (Å²) in [6.45, 7) is 1.18. The van der Waals surface area contributed by atoms with Crippen molar-refractivity contribution in [3.63, 3.8) is 0 Å². The first-order valence-electron chi connectivity index (χ1n) is 6.39. The fourth-order valence-corrected chi connectivity index (χ4v) is 2.33. The van der Waals surface area contributed by atoms with Crippen LogP contribution in [0.5, 0.6) is 0 Å². The Labute approximate surface area is 111 Å². The Morgan fingerprint density at radius 3 is 3.00 bits per heavy atom. The molecule has 3 N–H and O–H groups in total. The van der Waals surface area contributed by atoms with Crippen molar-refractivity contribution in [2.45, 2.75) is 25.6 Å². The molecule has 19 heavy (non-hydrogen) atoms. The van der Waals surface area contributed by atoms with Gasteiger partial charge in [-0.1, -0.05) is 24.3 Å². The molecule has 1 aromatic carbocycles. The smallest absolute Gasteiger partial charge is 0.237 e. The Morgan fingerprint density at radius 2 is 2.21 bits per heavy atom. The molecule has 0 bridgehead atoms. The van der Waals surface area contributed by atoms with Crippen molar-refractivity contribution in [1.29, 1.82) is 0 Å². The number of imidazole rings is 1. The highest BCUT2D eigenvalue weighted by Gasteiger charge is 2.23. The van der Waals surface area contributed by atoms with E-state index in [2.05, 4.69) is 32.7 Å². The summed E-state index contributed by atoms with van der Waals surface area (Å²) in [6, 6.07) is 8.06. The van der Waals surface area contributed by atoms with Gasteiger partial charge in [0.2, 0.25) is 5.91 Å². The number of carbonyl (C=O) groups is 1. The van der Waals surface area contributed by atoms with Gasteiger partial charge in [-0.25, -0.2) is 4.98 Å². The van der Waals surface area contributed by atoms with Crippen LogP contribution in [0.15, 0.2) is 36.7 Å². The Kier molecular flexibility index (Phi) is 3.29. The predicted octanol–water partition coefficient (Wildman–Crippen LogP) is 0.740. The summed E-state index contributed by atoms with van der Waals surface area (Å²) in [5.74, 6) is 0.787. The van der Waals surface area contributed by atoms with Crippen LogP contribution in [-0.2, 0) is 24.3 Å². The van der Waals surface area contributed by atoms with Crippen molar-refractivity contribution in [3.8, 4) is 0 Å². The first-order valence-corrected chi connectivity index (χ1v) is 6.39. The minimum absolute atomic E-state index is 0.0194. The SMILES string of the molecule is O=C(NCc1ncc[nH]1)C1Cc2ccccc2CN1. The van der Waals surface area contributed by atoms with Crippen LogP contribution in [-0.4, -0.2) is 21.9 Å². The zero-order valence-corrected chi connectivity index (χ0v) is 10.5. The van der Waals surface area contributed by atoms with E-state index in [4.69, 9.17) is 0 Å². The van der Waals surface area contributed by atoms with Crippen molar-refractivity contribution >= 4 is 5.91 Å². The molecular formula is C14H16N4O. The molecule has 3 rings (SSSR count). The summed E-state index contributed by atoms with van der Waals surface area (Å²) in [7, 11) is 0. The lowest BCUT2D eigenvalue weighted by atomic mass is 9.95. The number of aromatic amines is 1. The van der Waals surface area contributed by atoms with Crippen molar-refractivity contribution in [2.24, 2.45) is 0 Å². The molecule has 0 saturated heterocycles. The van der Waals surface area contributed by atoms with Gasteiger partial charge < -0.3 is 15.6 Å². The second-order valence-corrected chi connectivity index (χ2v) is 4.66. The van der Waals surface area contributed by atoms with E-state index in [1.165, 1.54) is 11.1 Å². The van der Waals surface area contributed by atoms with Crippen LogP contribution < -0.4 is 10.6 Å². The number of hydrogen-bond donors (Lipinski definition) is 3. The lowest BCUT2D eigenvalue weighted by Gasteiger charge is -2.25. The normalized spacial score (nSPS) is 17.8. The molecule has 1 atom stereocenters. The Morgan fingerprint density at radius 1 is 1.37 bits per heavy atom. The number of aromatic nitrogens is 2. The maximum atomic E-state index is 12.1. The summed E-state index contributed by atoms with van der Waals surface area (Å²) in [4.78, 5) is 19.1. The summed E-state index contributed by atoms with van der Waals surface area (Å²) >= 11 is 0. The van der Waals surface area contributed by atoms with Crippen molar-refractivity contribution in [3.05, 3.63) is 53.6 Å². The lowest BCUT2D eigenvalue weighted by molar-refractivity contribution is -0.123. The highest BCUT2D eigenvalue weighted by molar-refractivity contribution is 5.82. The number of benzene rings is 1. The third-order valence-corrected chi connectivity index (χ3v) is 3.38. The summed E-state index contributed by atoms with van der Waals surface area (Å²) < 4.78 is 0. The molecule has 1 unspecified atom stereocenters. The Balaban J connectivity index is 1.60. The van der Waals surface area contributed by atoms with E-state index in [0.29, 0.717) is 6.54 Å². The van der Waals surface area contributed by atoms with Gasteiger partial charge in [0.05, 0.1) is 12.6 Å². The van der Waals surface area contributed by atoms with Gasteiger partial charge in [-0.15, -0.1) is 0 Å². The lowest BCUT2D eigenvalue weighted by Crippen LogP contribution is -2.47. The number of hydrogen-bond acceptors (Lipinski definition) is 3. The number of carbonyl (C=O) groups excluding carboxylic acids is 1. The Hall–Kier alpha value is -2.14. The molecule has 1 aliphatic heterocycles. The molecule has 0 spiro atoms. The van der Waals surface area contributed by atoms with Crippen molar-refractivity contribution in [1.82, 2.24) is 20.6 Å². The number of amides is 1. The minimum Gasteiger partial charge on any atom is -0.348 e. The predicted molar refractivity (Wildman–Crippen MR) is 71.2 cm³/mol. The Bertz CT molecular complexity index is 565. The molecule has 0 saturated carbocycles. The van der Waals surface area contributed by atoms with Gasteiger partial charge in [-0.2, -0.15) is 0 Å². The number of nitrogens with zero attached hydrogens (tertiary/aromatic N) is 1. The highest BCUT2D eigenvalue weighted by atomic mass is 16.2. The van der Waals surface area contributed by atoms with Crippen LogP contribution in [0.4, 0.5) is 0 Å². The van der Waals surface area contributed by atoms with E-state index in [1.54, 1.807) is 12.4 Å². The zero-order valence-electron chi connectivity index (χ0n) is 10.5. The molecule has 2 aromatic rings. The number of nitrogens with one attached hydrogen (secondary N) is 3. The molecule has 1 aliphatic rings. The van der Waals surface area contributed by atoms with Gasteiger partial charge in [-0.3, -0.25) is 4.79 Å². The van der Waals surface area contributed by atoms with Crippen LogP contribution in [0, 0.1) is 0 Å². The summed E-state index contributed by atoms with van der Waals surface area (Å²) in [6.07, 6.45) is 4.16. The van der Waals surface area contributed by atoms with Gasteiger partial charge in [0.15, 0.2) is 0 Å². The number of fused-ring (bicyclic) bond motifs is 1. The topological polar surface area (TPSA) is 69.8 Å². The van der Waals surface area contributed by atoms with Gasteiger partial charge in [0.1, 0.15) is 5.82 Å². The largest absolute Gasteiger partial charge is 0.348 e. The van der Waals surface area contributed by atoms with Crippen LogP contribution >= 0.6 is 0 Å². The highest BCUT2D eigenvalue weighted by Crippen LogP contribution is 2.16. The third kappa shape index (κ3) is 2.66. The zero-order chi connectivity index (χ0) is 13.1. The quantitative estimate of drug-likeness (QED) is 0.758. The first-order chi connectivity index (χ1) is 9.33. The molecule has 2 heterocycles. The average Bonchev–Trinajstić information content (AvgIpc) is 2.97. The van der Waals surface area contributed by atoms with E-state index in [9.17, 15) is 4.79 Å². The van der Waals surface area contributed by atoms with Crippen LogP contribution in [0.3, 0.4) is 0 Å². The van der Waals surface area contributed by atoms with E-state index in [0.717, 1.165) is 18.8 Å². The monoisotopic (exact) mass is 256 g/mol. The van der Waals surface area contributed by atoms with Gasteiger partial charge >= 0.3 is 0 Å². The maximum Gasteiger partial charge on any atom is 0.237 e.